The molecule has 0 spiro atoms. The van der Waals surface area contributed by atoms with Gasteiger partial charge in [-0.2, -0.15) is 13.2 Å². The smallest absolute Gasteiger partial charge is 0.350 e. The van der Waals surface area contributed by atoms with Crippen LogP contribution in [0.3, 0.4) is 0 Å². The van der Waals surface area contributed by atoms with Crippen LogP contribution in [0.2, 0.25) is 0 Å². The second-order valence-corrected chi connectivity index (χ2v) is 7.18. The molecule has 2 aromatic carbocycles. The predicted molar refractivity (Wildman–Crippen MR) is 99.1 cm³/mol. The molecule has 2 nitrogen and oxygen atoms in total. The van der Waals surface area contributed by atoms with Crippen LogP contribution >= 0.6 is 0 Å². The molecule has 0 bridgehead atoms. The Kier molecular flexibility index (Phi) is 5.17. The fraction of sp³-hybridized carbons (Fsp3) is 0.273. The lowest BCUT2D eigenvalue weighted by Crippen LogP contribution is -2.30. The highest BCUT2D eigenvalue weighted by Gasteiger charge is 2.35. The number of benzene rings is 2. The van der Waals surface area contributed by atoms with Gasteiger partial charge in [0.1, 0.15) is 0 Å². The second-order valence-electron chi connectivity index (χ2n) is 7.18. The van der Waals surface area contributed by atoms with Gasteiger partial charge in [-0.05, 0) is 47.9 Å². The van der Waals surface area contributed by atoms with E-state index in [4.69, 9.17) is 0 Å². The fourth-order valence-electron chi connectivity index (χ4n) is 4.03. The Hall–Kier alpha value is -2.67. The summed E-state index contributed by atoms with van der Waals surface area (Å²) in [5.74, 6) is -1.92. The molecule has 2 heterocycles. The van der Waals surface area contributed by atoms with Gasteiger partial charge in [0.15, 0.2) is 11.6 Å². The van der Waals surface area contributed by atoms with E-state index in [9.17, 15) is 22.0 Å². The van der Waals surface area contributed by atoms with Gasteiger partial charge >= 0.3 is 6.18 Å². The maximum atomic E-state index is 14.0. The summed E-state index contributed by atoms with van der Waals surface area (Å²) in [6, 6.07) is 12.4. The molecule has 1 aromatic heterocycles. The standard InChI is InChI=1S/C22H19F5N2/c23-18-9-8-15(13-19(18)24)21-20-7-3-10-28(20)11-4-12-29(21)14-16-5-1-2-6-17(16)22(25,26)27/h1-3,5-10,13,21H,4,11-12,14H2. The first-order chi connectivity index (χ1) is 13.8. The molecule has 4 rings (SSSR count). The Bertz CT molecular complexity index is 1010. The summed E-state index contributed by atoms with van der Waals surface area (Å²) in [5, 5.41) is 0. The third kappa shape index (κ3) is 3.92. The van der Waals surface area contributed by atoms with Crippen molar-refractivity contribution in [1.82, 2.24) is 9.47 Å². The molecule has 1 unspecified atom stereocenters. The molecule has 0 radical (unpaired) electrons. The van der Waals surface area contributed by atoms with Crippen LogP contribution in [0.15, 0.2) is 60.8 Å². The van der Waals surface area contributed by atoms with Crippen molar-refractivity contribution in [3.63, 3.8) is 0 Å². The van der Waals surface area contributed by atoms with Crippen LogP contribution in [0, 0.1) is 11.6 Å². The highest BCUT2D eigenvalue weighted by Crippen LogP contribution is 2.37. The van der Waals surface area contributed by atoms with E-state index in [-0.39, 0.29) is 12.1 Å². The Morgan fingerprint density at radius 1 is 0.897 bits per heavy atom. The molecule has 0 amide bonds. The van der Waals surface area contributed by atoms with E-state index in [1.165, 1.54) is 18.2 Å². The summed E-state index contributed by atoms with van der Waals surface area (Å²) in [4.78, 5) is 1.90. The molecular formula is C22H19F5N2. The number of alkyl halides is 3. The minimum Gasteiger partial charge on any atom is -0.350 e. The number of aryl methyl sites for hydroxylation is 1. The predicted octanol–water partition coefficient (Wildman–Crippen LogP) is 5.78. The molecule has 1 aliphatic rings. The summed E-state index contributed by atoms with van der Waals surface area (Å²) in [6.07, 6.45) is -1.83. The molecule has 0 saturated heterocycles. The van der Waals surface area contributed by atoms with Crippen LogP contribution < -0.4 is 0 Å². The zero-order valence-corrected chi connectivity index (χ0v) is 15.5. The summed E-state index contributed by atoms with van der Waals surface area (Å²) >= 11 is 0. The monoisotopic (exact) mass is 406 g/mol. The van der Waals surface area contributed by atoms with Gasteiger partial charge in [-0.3, -0.25) is 4.90 Å². The molecular weight excluding hydrogens is 387 g/mol. The molecule has 3 aromatic rings. The van der Waals surface area contributed by atoms with Crippen LogP contribution in [0.4, 0.5) is 22.0 Å². The van der Waals surface area contributed by atoms with Crippen LogP contribution in [0.1, 0.15) is 34.8 Å². The van der Waals surface area contributed by atoms with E-state index in [1.54, 1.807) is 6.07 Å². The Balaban J connectivity index is 1.78. The van der Waals surface area contributed by atoms with Crippen molar-refractivity contribution in [2.24, 2.45) is 0 Å². The third-order valence-electron chi connectivity index (χ3n) is 5.31. The Labute approximate surface area is 165 Å². The Morgan fingerprint density at radius 3 is 2.45 bits per heavy atom. The third-order valence-corrected chi connectivity index (χ3v) is 5.31. The zero-order valence-electron chi connectivity index (χ0n) is 15.5. The number of fused-ring (bicyclic) bond motifs is 1. The summed E-state index contributed by atoms with van der Waals surface area (Å²) in [5.41, 5.74) is 0.837. The van der Waals surface area contributed by atoms with E-state index in [1.807, 2.05) is 27.8 Å². The number of nitrogens with zero attached hydrogens (tertiary/aromatic N) is 2. The largest absolute Gasteiger partial charge is 0.416 e. The molecule has 0 fully saturated rings. The van der Waals surface area contributed by atoms with Gasteiger partial charge in [0.25, 0.3) is 0 Å². The minimum absolute atomic E-state index is 0.0462. The number of hydrogen-bond acceptors (Lipinski definition) is 1. The van der Waals surface area contributed by atoms with Crippen molar-refractivity contribution in [3.05, 3.63) is 94.8 Å². The van der Waals surface area contributed by atoms with Crippen molar-refractivity contribution in [2.45, 2.75) is 31.7 Å². The molecule has 1 aliphatic heterocycles. The summed E-state index contributed by atoms with van der Waals surface area (Å²) in [6.45, 7) is 1.28. The highest BCUT2D eigenvalue weighted by atomic mass is 19.4. The van der Waals surface area contributed by atoms with Crippen LogP contribution in [-0.4, -0.2) is 16.0 Å². The summed E-state index contributed by atoms with van der Waals surface area (Å²) in [7, 11) is 0. The normalized spacial score (nSPS) is 17.8. The van der Waals surface area contributed by atoms with Crippen LogP contribution in [0.25, 0.3) is 0 Å². The molecule has 152 valence electrons. The number of hydrogen-bond donors (Lipinski definition) is 0. The van der Waals surface area contributed by atoms with E-state index < -0.39 is 29.4 Å². The van der Waals surface area contributed by atoms with Gasteiger partial charge in [-0.1, -0.05) is 24.3 Å². The maximum Gasteiger partial charge on any atom is 0.416 e. The zero-order chi connectivity index (χ0) is 20.6. The topological polar surface area (TPSA) is 8.17 Å². The second kappa shape index (κ2) is 7.63. The molecule has 1 atom stereocenters. The SMILES string of the molecule is Fc1ccc(C2c3cccn3CCCN2Cc2ccccc2C(F)(F)F)cc1F. The number of aromatic nitrogens is 1. The van der Waals surface area contributed by atoms with Gasteiger partial charge in [0.05, 0.1) is 11.6 Å². The van der Waals surface area contributed by atoms with Crippen molar-refractivity contribution >= 4 is 0 Å². The molecule has 29 heavy (non-hydrogen) atoms. The van der Waals surface area contributed by atoms with Gasteiger partial charge < -0.3 is 4.57 Å². The van der Waals surface area contributed by atoms with Crippen molar-refractivity contribution in [2.75, 3.05) is 6.54 Å². The first-order valence-electron chi connectivity index (χ1n) is 9.34. The molecule has 0 N–H and O–H groups in total. The first kappa shape index (κ1) is 19.6. The number of halogens is 5. The molecule has 0 aliphatic carbocycles. The lowest BCUT2D eigenvalue weighted by Gasteiger charge is -2.31. The van der Waals surface area contributed by atoms with E-state index >= 15 is 0 Å². The minimum atomic E-state index is -4.46. The maximum absolute atomic E-state index is 14.0. The van der Waals surface area contributed by atoms with Gasteiger partial charge in [-0.25, -0.2) is 8.78 Å². The van der Waals surface area contributed by atoms with E-state index in [2.05, 4.69) is 0 Å². The van der Waals surface area contributed by atoms with Crippen LogP contribution in [0.5, 0.6) is 0 Å². The number of rotatable bonds is 3. The van der Waals surface area contributed by atoms with E-state index in [0.29, 0.717) is 18.7 Å². The van der Waals surface area contributed by atoms with Crippen LogP contribution in [-0.2, 0) is 19.3 Å². The molecule has 0 saturated carbocycles. The lowest BCUT2D eigenvalue weighted by atomic mass is 9.99. The quantitative estimate of drug-likeness (QED) is 0.501. The van der Waals surface area contributed by atoms with Gasteiger partial charge in [-0.15, -0.1) is 0 Å². The van der Waals surface area contributed by atoms with Gasteiger partial charge in [0.2, 0.25) is 0 Å². The van der Waals surface area contributed by atoms with Crippen molar-refractivity contribution in [1.29, 1.82) is 0 Å². The fourth-order valence-corrected chi connectivity index (χ4v) is 4.03. The average Bonchev–Trinajstić information content (AvgIpc) is 3.05. The Morgan fingerprint density at radius 2 is 1.69 bits per heavy atom. The molecule has 7 heteroatoms. The van der Waals surface area contributed by atoms with E-state index in [0.717, 1.165) is 30.3 Å². The highest BCUT2D eigenvalue weighted by molar-refractivity contribution is 5.33. The first-order valence-corrected chi connectivity index (χ1v) is 9.34. The average molecular weight is 406 g/mol. The van der Waals surface area contributed by atoms with Gasteiger partial charge in [0, 0.05) is 31.5 Å². The summed E-state index contributed by atoms with van der Waals surface area (Å²) < 4.78 is 69.9. The van der Waals surface area contributed by atoms with Crippen molar-refractivity contribution in [3.8, 4) is 0 Å². The lowest BCUT2D eigenvalue weighted by molar-refractivity contribution is -0.138. The van der Waals surface area contributed by atoms with Crippen molar-refractivity contribution < 1.29 is 22.0 Å².